The molecule has 0 aliphatic heterocycles. The molecule has 318 valence electrons. The Morgan fingerprint density at radius 2 is 0.885 bits per heavy atom. The van der Waals surface area contributed by atoms with Crippen LogP contribution in [0.5, 0.6) is 0 Å². The first kappa shape index (κ1) is 47.2. The van der Waals surface area contributed by atoms with E-state index in [2.05, 4.69) is 68.7 Å². The van der Waals surface area contributed by atoms with Crippen molar-refractivity contribution in [1.29, 1.82) is 0 Å². The van der Waals surface area contributed by atoms with E-state index in [9.17, 15) is 38.8 Å². The molecule has 10 nitrogen and oxygen atoms in total. The first-order chi connectivity index (χ1) is 28.8. The Labute approximate surface area is 360 Å². The summed E-state index contributed by atoms with van der Waals surface area (Å²) in [5.41, 5.74) is -4.34. The summed E-state index contributed by atoms with van der Waals surface area (Å²) >= 11 is 12.8. The fourth-order valence-electron chi connectivity index (χ4n) is 4.99. The van der Waals surface area contributed by atoms with Crippen LogP contribution in [0.25, 0.3) is 31.9 Å². The first-order valence-electron chi connectivity index (χ1n) is 17.5. The molecule has 2 aromatic heterocycles. The molecule has 0 N–H and O–H groups in total. The number of hydrogen-bond acceptors (Lipinski definition) is 9. The van der Waals surface area contributed by atoms with Gasteiger partial charge in [-0.05, 0) is 38.9 Å². The van der Waals surface area contributed by atoms with Gasteiger partial charge in [0.15, 0.2) is 10.0 Å². The summed E-state index contributed by atoms with van der Waals surface area (Å²) in [6, 6.07) is 56.4. The molecule has 0 radical (unpaired) electrons. The lowest BCUT2D eigenvalue weighted by atomic mass is 10.2. The minimum absolute atomic E-state index is 0.294. The van der Waals surface area contributed by atoms with E-state index in [1.807, 2.05) is 121 Å². The Balaban J connectivity index is 0.000000188. The van der Waals surface area contributed by atoms with Crippen LogP contribution in [0.2, 0.25) is 0 Å². The van der Waals surface area contributed by atoms with Crippen LogP contribution in [0.15, 0.2) is 176 Å². The molecule has 0 aliphatic rings. The van der Waals surface area contributed by atoms with Gasteiger partial charge in [-0.15, -0.1) is 23.6 Å². The van der Waals surface area contributed by atoms with Crippen molar-refractivity contribution in [3.63, 3.8) is 0 Å². The topological polar surface area (TPSA) is 149 Å². The van der Waals surface area contributed by atoms with Gasteiger partial charge in [-0.3, -0.25) is 4.98 Å². The van der Waals surface area contributed by atoms with Crippen LogP contribution in [0.1, 0.15) is 6.92 Å². The smallest absolute Gasteiger partial charge is 0.480 e. The third kappa shape index (κ3) is 12.0. The lowest BCUT2D eigenvalue weighted by Gasteiger charge is -2.47. The second-order valence-corrected chi connectivity index (χ2v) is 24.3. The maximum atomic E-state index is 12.1. The van der Waals surface area contributed by atoms with E-state index in [0.29, 0.717) is 11.6 Å². The summed E-state index contributed by atoms with van der Waals surface area (Å²) in [5, 5.41) is 7.68. The van der Waals surface area contributed by atoms with Crippen molar-refractivity contribution in [3.8, 4) is 22.9 Å². The molecule has 5 aromatic carbocycles. The van der Waals surface area contributed by atoms with Crippen LogP contribution in [0.3, 0.4) is 0 Å². The largest absolute Gasteiger partial charge is 0.577 e. The molecule has 0 amide bonds. The van der Waals surface area contributed by atoms with Gasteiger partial charge < -0.3 is 24.2 Å². The number of aromatic nitrogens is 4. The molecule has 61 heavy (non-hydrogen) atoms. The van der Waals surface area contributed by atoms with Crippen LogP contribution >= 0.6 is 12.4 Å². The van der Waals surface area contributed by atoms with E-state index >= 15 is 0 Å². The second kappa shape index (κ2) is 19.9. The number of halogens is 5. The van der Waals surface area contributed by atoms with Crippen LogP contribution in [-0.2, 0) is 43.7 Å². The average molecular weight is 946 g/mol. The molecule has 0 fully saturated rings. The molecule has 2 heterocycles. The molecule has 0 bridgehead atoms. The molecule has 7 aromatic rings. The van der Waals surface area contributed by atoms with E-state index in [-0.39, 0.29) is 6.92 Å². The quantitative estimate of drug-likeness (QED) is 0.0910. The van der Waals surface area contributed by atoms with Crippen LogP contribution in [-0.4, -0.2) is 42.8 Å². The number of hydrogen-bond donors (Lipinski definition) is 0. The summed E-state index contributed by atoms with van der Waals surface area (Å²) in [7, 11) is -12.5. The van der Waals surface area contributed by atoms with E-state index in [0.717, 1.165) is 36.6 Å². The van der Waals surface area contributed by atoms with Crippen molar-refractivity contribution < 1.29 is 38.8 Å². The molecule has 0 atom stereocenters. The number of nitrogens with zero attached hydrogens (tertiary/aromatic N) is 6. The number of benzene rings is 5. The van der Waals surface area contributed by atoms with Gasteiger partial charge in [-0.2, -0.15) is 22.0 Å². The minimum atomic E-state index is -6.48. The van der Waals surface area contributed by atoms with Gasteiger partial charge in [0, 0.05) is 24.8 Å². The average Bonchev–Trinajstić information content (AvgIpc) is 3.76. The predicted octanol–water partition coefficient (Wildman–Crippen LogP) is 8.77. The van der Waals surface area contributed by atoms with Crippen molar-refractivity contribution in [2.24, 2.45) is 0 Å². The number of pyridine rings is 1. The van der Waals surface area contributed by atoms with Crippen molar-refractivity contribution in [3.05, 3.63) is 185 Å². The van der Waals surface area contributed by atoms with E-state index in [1.165, 1.54) is 0 Å². The monoisotopic (exact) mass is 945 g/mol. The third-order valence-corrected chi connectivity index (χ3v) is 20.9. The van der Waals surface area contributed by atoms with Crippen LogP contribution < -0.4 is 26.2 Å². The fourth-order valence-corrected chi connectivity index (χ4v) is 16.7. The predicted molar refractivity (Wildman–Crippen MR) is 238 cm³/mol. The molecule has 0 spiro atoms. The van der Waals surface area contributed by atoms with Gasteiger partial charge in [0.05, 0.1) is 5.69 Å². The molecular weight excluding hydrogens is 914 g/mol. The highest BCUT2D eigenvalue weighted by Crippen LogP contribution is 2.67. The Kier molecular flexibility index (Phi) is 15.4. The van der Waals surface area contributed by atoms with E-state index in [1.54, 1.807) is 6.20 Å². The molecule has 21 heteroatoms. The SMILES string of the molecule is CC(F)(F)S(=O)(=O)[N-]S(=O)(=O)C(F)(F)F.S=P([N-]P(=S)(c1ccccc1)c1ccccc1)(c1ccccc1)c1ccccc1.c1ccc(-c2nnc(-c3ccccn3)[n-]2)cc1. The second-order valence-electron chi connectivity index (χ2n) is 12.4. The highest BCUT2D eigenvalue weighted by atomic mass is 32.5. The van der Waals surface area contributed by atoms with Gasteiger partial charge >= 0.3 is 10.8 Å². The summed E-state index contributed by atoms with van der Waals surface area (Å²) < 4.78 is 101. The maximum Gasteiger partial charge on any atom is 0.480 e. The van der Waals surface area contributed by atoms with Gasteiger partial charge in [0.25, 0.3) is 0 Å². The van der Waals surface area contributed by atoms with Crippen molar-refractivity contribution in [1.82, 2.24) is 20.2 Å². The Morgan fingerprint density at radius 1 is 0.525 bits per heavy atom. The summed E-state index contributed by atoms with van der Waals surface area (Å²) in [6.45, 7) is -0.294. The minimum Gasteiger partial charge on any atom is -0.577 e. The van der Waals surface area contributed by atoms with Crippen molar-refractivity contribution in [2.45, 2.75) is 17.7 Å². The first-order valence-corrected chi connectivity index (χ1v) is 25.9. The zero-order chi connectivity index (χ0) is 44.4. The standard InChI is InChI=1S/C24H20NP2S2.C13H9N4.C3H3F5NO4S2/c28-26(21-13-5-1-6-14-21,22-15-7-2-8-16-22)25-27(29,23-17-9-3-10-18-23)24-19-11-4-12-20-24;1-2-6-10(7-3-1)12-15-13(17-16-12)11-8-4-5-9-14-11;1-2(4,5)14(10,11)9-15(12,13)3(6,7)8/h1-20H;1-9H;1H3/q3*-1. The summed E-state index contributed by atoms with van der Waals surface area (Å²) in [6.07, 6.45) is -3.23. The third-order valence-electron chi connectivity index (χ3n) is 8.00. The summed E-state index contributed by atoms with van der Waals surface area (Å²) in [5.74, 6) is 1.19. The highest BCUT2D eigenvalue weighted by molar-refractivity contribution is 8.34. The fraction of sp³-hybridized carbons (Fsp3) is 0.0750. The van der Waals surface area contributed by atoms with Gasteiger partial charge in [0.1, 0.15) is 10.0 Å². The van der Waals surface area contributed by atoms with Gasteiger partial charge in [-0.25, -0.2) is 16.8 Å². The zero-order valence-corrected chi connectivity index (χ0v) is 36.5. The Morgan fingerprint density at radius 3 is 1.23 bits per heavy atom. The van der Waals surface area contributed by atoms with Crippen molar-refractivity contribution in [2.75, 3.05) is 0 Å². The molecule has 0 saturated heterocycles. The van der Waals surface area contributed by atoms with Gasteiger partial charge in [-0.1, -0.05) is 170 Å². The summed E-state index contributed by atoms with van der Waals surface area (Å²) in [4.78, 5) is 14.0. The van der Waals surface area contributed by atoms with E-state index in [4.69, 9.17) is 28.5 Å². The van der Waals surface area contributed by atoms with Crippen LogP contribution in [0.4, 0.5) is 22.0 Å². The number of sulfonamides is 2. The molecular formula is C40H32F5N6O4P2S4-3. The Hall–Kier alpha value is -4.84. The molecule has 0 aliphatic carbocycles. The van der Waals surface area contributed by atoms with Crippen LogP contribution in [0, 0.1) is 0 Å². The lowest BCUT2D eigenvalue weighted by molar-refractivity contribution is -0.0425. The van der Waals surface area contributed by atoms with E-state index < -0.39 is 43.2 Å². The molecule has 0 unspecified atom stereocenters. The lowest BCUT2D eigenvalue weighted by Crippen LogP contribution is -2.30. The molecule has 0 saturated carbocycles. The zero-order valence-electron chi connectivity index (χ0n) is 31.5. The normalized spacial score (nSPS) is 12.3. The maximum absolute atomic E-state index is 12.1. The van der Waals surface area contributed by atoms with Gasteiger partial charge in [0.2, 0.25) is 0 Å². The van der Waals surface area contributed by atoms with Crippen molar-refractivity contribution >= 4 is 77.3 Å². The number of alkyl halides is 5. The number of rotatable bonds is 11. The molecule has 7 rings (SSSR count). The highest BCUT2D eigenvalue weighted by Gasteiger charge is 2.44. The Bertz CT molecular complexity index is 2540.